The summed E-state index contributed by atoms with van der Waals surface area (Å²) in [5.74, 6) is -0.441. The second kappa shape index (κ2) is 8.12. The van der Waals surface area contributed by atoms with Crippen molar-refractivity contribution in [2.75, 3.05) is 0 Å². The van der Waals surface area contributed by atoms with Crippen LogP contribution in [0.5, 0.6) is 5.75 Å². The monoisotopic (exact) mass is 426 g/mol. The van der Waals surface area contributed by atoms with Crippen molar-refractivity contribution < 1.29 is 13.9 Å². The van der Waals surface area contributed by atoms with Gasteiger partial charge in [0.15, 0.2) is 5.76 Å². The molecule has 0 bridgehead atoms. The van der Waals surface area contributed by atoms with Crippen molar-refractivity contribution in [3.05, 3.63) is 99.2 Å². The molecular formula is C28H26O4. The molecule has 0 aliphatic heterocycles. The number of esters is 1. The zero-order chi connectivity index (χ0) is 23.0. The number of carbonyl (C=O) groups is 1. The van der Waals surface area contributed by atoms with E-state index in [1.807, 2.05) is 56.3 Å². The first kappa shape index (κ1) is 21.6. The third-order valence-corrected chi connectivity index (χ3v) is 5.58. The molecule has 1 heterocycles. The quantitative estimate of drug-likeness (QED) is 0.347. The Balaban J connectivity index is 1.89. The second-order valence-electron chi connectivity index (χ2n) is 9.12. The smallest absolute Gasteiger partial charge is 0.344 e. The number of hydrogen-bond donors (Lipinski definition) is 0. The van der Waals surface area contributed by atoms with E-state index < -0.39 is 5.97 Å². The molecule has 1 aromatic heterocycles. The van der Waals surface area contributed by atoms with Crippen LogP contribution in [0, 0.1) is 13.8 Å². The minimum Gasteiger partial charge on any atom is -0.452 e. The van der Waals surface area contributed by atoms with Gasteiger partial charge in [0.05, 0.1) is 10.9 Å². The van der Waals surface area contributed by atoms with Crippen molar-refractivity contribution in [2.45, 2.75) is 40.0 Å². The van der Waals surface area contributed by atoms with E-state index >= 15 is 0 Å². The number of ether oxygens (including phenoxy) is 1. The van der Waals surface area contributed by atoms with Crippen LogP contribution in [0.15, 0.2) is 75.9 Å². The lowest BCUT2D eigenvalue weighted by atomic mass is 9.86. The third kappa shape index (κ3) is 4.09. The van der Waals surface area contributed by atoms with Crippen LogP contribution in [0.4, 0.5) is 0 Å². The van der Waals surface area contributed by atoms with E-state index in [1.165, 1.54) is 0 Å². The summed E-state index contributed by atoms with van der Waals surface area (Å²) in [5.41, 5.74) is 3.99. The van der Waals surface area contributed by atoms with Crippen LogP contribution in [-0.2, 0) is 5.41 Å². The van der Waals surface area contributed by atoms with Crippen molar-refractivity contribution in [1.82, 2.24) is 0 Å². The first-order valence-electron chi connectivity index (χ1n) is 10.6. The molecule has 0 fully saturated rings. The maximum atomic E-state index is 13.4. The van der Waals surface area contributed by atoms with Crippen LogP contribution in [0.1, 0.15) is 47.8 Å². The SMILES string of the molecule is Cc1ccc2oc(-c3ccc(C(C)(C)C)cc3)c(OC(=O)c3ccccc3C)c(=O)c2c1. The molecule has 4 heteroatoms. The van der Waals surface area contributed by atoms with Crippen molar-refractivity contribution >= 4 is 16.9 Å². The fraction of sp³-hybridized carbons (Fsp3) is 0.214. The van der Waals surface area contributed by atoms with Gasteiger partial charge in [-0.2, -0.15) is 0 Å². The number of rotatable bonds is 3. The average molecular weight is 427 g/mol. The van der Waals surface area contributed by atoms with Crippen LogP contribution in [0.25, 0.3) is 22.3 Å². The number of hydrogen-bond acceptors (Lipinski definition) is 4. The molecule has 0 aliphatic rings. The first-order chi connectivity index (χ1) is 15.1. The van der Waals surface area contributed by atoms with Gasteiger partial charge in [0, 0.05) is 5.56 Å². The van der Waals surface area contributed by atoms with Crippen molar-refractivity contribution in [2.24, 2.45) is 0 Å². The highest BCUT2D eigenvalue weighted by Gasteiger charge is 2.23. The summed E-state index contributed by atoms with van der Waals surface area (Å²) >= 11 is 0. The minimum absolute atomic E-state index is 0.0135. The highest BCUT2D eigenvalue weighted by Crippen LogP contribution is 2.33. The Labute approximate surface area is 187 Å². The Morgan fingerprint density at radius 1 is 0.906 bits per heavy atom. The molecule has 0 N–H and O–H groups in total. The van der Waals surface area contributed by atoms with E-state index in [4.69, 9.17) is 9.15 Å². The summed E-state index contributed by atoms with van der Waals surface area (Å²) in [6.07, 6.45) is 0. The molecule has 162 valence electrons. The molecule has 0 amide bonds. The zero-order valence-electron chi connectivity index (χ0n) is 19.0. The average Bonchev–Trinajstić information content (AvgIpc) is 2.75. The van der Waals surface area contributed by atoms with Gasteiger partial charge in [-0.25, -0.2) is 4.79 Å². The number of fused-ring (bicyclic) bond motifs is 1. The number of benzene rings is 3. The Morgan fingerprint density at radius 2 is 1.59 bits per heavy atom. The van der Waals surface area contributed by atoms with Gasteiger partial charge in [-0.1, -0.05) is 74.9 Å². The third-order valence-electron chi connectivity index (χ3n) is 5.58. The molecular weight excluding hydrogens is 400 g/mol. The predicted octanol–water partition coefficient (Wildman–Crippen LogP) is 6.59. The Bertz CT molecular complexity index is 1370. The Hall–Kier alpha value is -3.66. The molecule has 0 aliphatic carbocycles. The van der Waals surface area contributed by atoms with Gasteiger partial charge in [0.2, 0.25) is 11.2 Å². The van der Waals surface area contributed by atoms with Crippen molar-refractivity contribution in [1.29, 1.82) is 0 Å². The summed E-state index contributed by atoms with van der Waals surface area (Å²) in [5, 5.41) is 0.382. The fourth-order valence-corrected chi connectivity index (χ4v) is 3.65. The van der Waals surface area contributed by atoms with Gasteiger partial charge in [0.1, 0.15) is 5.58 Å². The molecule has 4 aromatic rings. The van der Waals surface area contributed by atoms with E-state index in [2.05, 4.69) is 20.8 Å². The first-order valence-corrected chi connectivity index (χ1v) is 10.6. The van der Waals surface area contributed by atoms with E-state index in [9.17, 15) is 9.59 Å². The van der Waals surface area contributed by atoms with Gasteiger partial charge in [0.25, 0.3) is 0 Å². The normalized spacial score (nSPS) is 11.5. The fourth-order valence-electron chi connectivity index (χ4n) is 3.65. The number of carbonyl (C=O) groups excluding carboxylic acids is 1. The lowest BCUT2D eigenvalue weighted by Gasteiger charge is -2.19. The van der Waals surface area contributed by atoms with Gasteiger partial charge >= 0.3 is 5.97 Å². The topological polar surface area (TPSA) is 56.5 Å². The van der Waals surface area contributed by atoms with Gasteiger partial charge < -0.3 is 9.15 Å². The van der Waals surface area contributed by atoms with Crippen LogP contribution in [0.2, 0.25) is 0 Å². The van der Waals surface area contributed by atoms with Gasteiger partial charge in [-0.3, -0.25) is 4.79 Å². The summed E-state index contributed by atoms with van der Waals surface area (Å²) in [4.78, 5) is 26.4. The molecule has 0 spiro atoms. The molecule has 0 radical (unpaired) electrons. The maximum absolute atomic E-state index is 13.4. The zero-order valence-corrected chi connectivity index (χ0v) is 19.0. The Kier molecular flexibility index (Phi) is 5.47. The van der Waals surface area contributed by atoms with Crippen molar-refractivity contribution in [3.8, 4) is 17.1 Å². The summed E-state index contributed by atoms with van der Waals surface area (Å²) < 4.78 is 11.8. The van der Waals surface area contributed by atoms with Crippen molar-refractivity contribution in [3.63, 3.8) is 0 Å². The van der Waals surface area contributed by atoms with E-state index in [0.29, 0.717) is 22.1 Å². The second-order valence-corrected chi connectivity index (χ2v) is 9.12. The molecule has 3 aromatic carbocycles. The highest BCUT2D eigenvalue weighted by molar-refractivity contribution is 5.94. The summed E-state index contributed by atoms with van der Waals surface area (Å²) in [6.45, 7) is 10.1. The Morgan fingerprint density at radius 3 is 2.25 bits per heavy atom. The van der Waals surface area contributed by atoms with Crippen LogP contribution in [0.3, 0.4) is 0 Å². The van der Waals surface area contributed by atoms with Crippen LogP contribution in [-0.4, -0.2) is 5.97 Å². The standard InChI is InChI=1S/C28H26O4/c1-17-10-15-23-22(16-17)24(29)26(32-27(30)21-9-7-6-8-18(21)2)25(31-23)19-11-13-20(14-12-19)28(3,4)5/h6-16H,1-5H3. The molecule has 0 unspecified atom stereocenters. The predicted molar refractivity (Wildman–Crippen MR) is 127 cm³/mol. The number of aryl methyl sites for hydroxylation is 2. The molecule has 0 saturated carbocycles. The molecule has 0 atom stereocenters. The molecule has 32 heavy (non-hydrogen) atoms. The van der Waals surface area contributed by atoms with Gasteiger partial charge in [-0.15, -0.1) is 0 Å². The van der Waals surface area contributed by atoms with E-state index in [0.717, 1.165) is 16.7 Å². The van der Waals surface area contributed by atoms with Crippen LogP contribution < -0.4 is 10.2 Å². The lowest BCUT2D eigenvalue weighted by molar-refractivity contribution is 0.0730. The van der Waals surface area contributed by atoms with E-state index in [-0.39, 0.29) is 22.4 Å². The molecule has 4 nitrogen and oxygen atoms in total. The van der Waals surface area contributed by atoms with E-state index in [1.54, 1.807) is 24.3 Å². The summed E-state index contributed by atoms with van der Waals surface area (Å²) in [7, 11) is 0. The molecule has 0 saturated heterocycles. The maximum Gasteiger partial charge on any atom is 0.344 e. The summed E-state index contributed by atoms with van der Waals surface area (Å²) in [6, 6.07) is 20.3. The minimum atomic E-state index is -0.588. The van der Waals surface area contributed by atoms with Crippen LogP contribution >= 0.6 is 0 Å². The highest BCUT2D eigenvalue weighted by atomic mass is 16.5. The lowest BCUT2D eigenvalue weighted by Crippen LogP contribution is -2.17. The van der Waals surface area contributed by atoms with Gasteiger partial charge in [-0.05, 0) is 48.6 Å². The molecule has 4 rings (SSSR count). The largest absolute Gasteiger partial charge is 0.452 e.